The molecule has 0 N–H and O–H groups in total. The third-order valence-electron chi connectivity index (χ3n) is 15.6. The van der Waals surface area contributed by atoms with E-state index in [0.29, 0.717) is 11.5 Å². The fourth-order valence-electron chi connectivity index (χ4n) is 12.0. The largest absolute Gasteiger partial charge is 0.509 e. The first kappa shape index (κ1) is 48.8. The number of fused-ring (bicyclic) bond motifs is 12. The van der Waals surface area contributed by atoms with E-state index >= 15 is 0 Å². The Morgan fingerprint density at radius 2 is 1.22 bits per heavy atom. The van der Waals surface area contributed by atoms with E-state index < -0.39 is 5.41 Å². The Bertz CT molecular complexity index is 3640. The third kappa shape index (κ3) is 7.36. The molecule has 2 aliphatic heterocycles. The van der Waals surface area contributed by atoms with E-state index in [1.165, 1.54) is 67.0 Å². The molecule has 73 heavy (non-hydrogen) atoms. The molecular formula is C66H64N5OPt-3. The second-order valence-corrected chi connectivity index (χ2v) is 24.6. The molecule has 372 valence electrons. The van der Waals surface area contributed by atoms with Gasteiger partial charge in [0, 0.05) is 79.0 Å². The second kappa shape index (κ2) is 16.5. The van der Waals surface area contributed by atoms with Gasteiger partial charge in [0.1, 0.15) is 5.82 Å². The molecule has 0 bridgehead atoms. The average Bonchev–Trinajstić information content (AvgIpc) is 3.95. The normalized spacial score (nSPS) is 14.6. The van der Waals surface area contributed by atoms with Crippen molar-refractivity contribution >= 4 is 38.9 Å². The molecule has 0 radical (unpaired) electrons. The summed E-state index contributed by atoms with van der Waals surface area (Å²) >= 11 is 0. The van der Waals surface area contributed by atoms with Gasteiger partial charge in [-0.15, -0.1) is 35.2 Å². The van der Waals surface area contributed by atoms with Crippen molar-refractivity contribution in [1.82, 2.24) is 14.5 Å². The van der Waals surface area contributed by atoms with Gasteiger partial charge in [-0.2, -0.15) is 18.8 Å². The van der Waals surface area contributed by atoms with Crippen LogP contribution in [-0.2, 0) is 48.1 Å². The molecule has 3 aromatic heterocycles. The molecule has 0 unspecified atom stereocenters. The van der Waals surface area contributed by atoms with Gasteiger partial charge in [-0.25, -0.2) is 4.98 Å². The van der Waals surface area contributed by atoms with Crippen LogP contribution in [0.1, 0.15) is 133 Å². The van der Waals surface area contributed by atoms with Crippen molar-refractivity contribution < 1.29 is 25.8 Å². The summed E-state index contributed by atoms with van der Waals surface area (Å²) in [6.07, 6.45) is 5.62. The number of ether oxygens (including phenoxy) is 1. The van der Waals surface area contributed by atoms with Crippen LogP contribution >= 0.6 is 0 Å². The molecule has 0 saturated carbocycles. The van der Waals surface area contributed by atoms with Crippen molar-refractivity contribution in [3.05, 3.63) is 197 Å². The Hall–Kier alpha value is -6.49. The Morgan fingerprint density at radius 3 is 1.84 bits per heavy atom. The number of hydrogen-bond acceptors (Lipinski definition) is 5. The fourth-order valence-corrected chi connectivity index (χ4v) is 12.0. The van der Waals surface area contributed by atoms with E-state index in [2.05, 4.69) is 226 Å². The quantitative estimate of drug-likeness (QED) is 0.164. The molecule has 1 spiro atoms. The first-order valence-electron chi connectivity index (χ1n) is 25.5. The minimum absolute atomic E-state index is 0. The Morgan fingerprint density at radius 1 is 0.603 bits per heavy atom. The number of rotatable bonds is 4. The minimum atomic E-state index is -0.683. The van der Waals surface area contributed by atoms with E-state index in [-0.39, 0.29) is 42.7 Å². The Balaban J connectivity index is 0.00000574. The van der Waals surface area contributed by atoms with E-state index in [4.69, 9.17) is 9.72 Å². The average molecular weight is 1140 g/mol. The van der Waals surface area contributed by atoms with Crippen LogP contribution in [0.5, 0.6) is 11.5 Å². The van der Waals surface area contributed by atoms with Crippen molar-refractivity contribution in [1.29, 1.82) is 0 Å². The first-order chi connectivity index (χ1) is 34.0. The summed E-state index contributed by atoms with van der Waals surface area (Å²) < 4.78 is 9.22. The summed E-state index contributed by atoms with van der Waals surface area (Å²) in [5, 5.41) is 2.21. The molecule has 0 atom stereocenters. The molecule has 6 nitrogen and oxygen atoms in total. The van der Waals surface area contributed by atoms with Crippen LogP contribution in [0.4, 0.5) is 17.1 Å². The van der Waals surface area contributed by atoms with Crippen molar-refractivity contribution in [3.8, 4) is 39.6 Å². The molecule has 6 aromatic carbocycles. The number of para-hydroxylation sites is 2. The van der Waals surface area contributed by atoms with Gasteiger partial charge in [-0.05, 0) is 133 Å². The zero-order chi connectivity index (χ0) is 50.6. The van der Waals surface area contributed by atoms with Gasteiger partial charge in [0.05, 0.1) is 0 Å². The van der Waals surface area contributed by atoms with E-state index in [1.807, 2.05) is 36.8 Å². The summed E-state index contributed by atoms with van der Waals surface area (Å²) in [6.45, 7) is 32.9. The van der Waals surface area contributed by atoms with Gasteiger partial charge < -0.3 is 19.1 Å². The van der Waals surface area contributed by atoms with Gasteiger partial charge >= 0.3 is 0 Å². The molecule has 3 aliphatic rings. The van der Waals surface area contributed by atoms with Crippen molar-refractivity contribution in [2.45, 2.75) is 117 Å². The molecule has 9 aromatic rings. The van der Waals surface area contributed by atoms with E-state index in [1.54, 1.807) is 0 Å². The van der Waals surface area contributed by atoms with Crippen LogP contribution in [0.2, 0.25) is 0 Å². The number of benzene rings is 6. The number of hydrogen-bond donors (Lipinski definition) is 0. The molecule has 0 saturated heterocycles. The zero-order valence-electron chi connectivity index (χ0n) is 44.7. The van der Waals surface area contributed by atoms with Gasteiger partial charge in [0.2, 0.25) is 0 Å². The molecule has 0 amide bonds. The third-order valence-corrected chi connectivity index (χ3v) is 15.6. The number of pyridine rings is 2. The van der Waals surface area contributed by atoms with Crippen LogP contribution < -0.4 is 14.5 Å². The molecule has 1 aliphatic carbocycles. The van der Waals surface area contributed by atoms with Gasteiger partial charge in [0.15, 0.2) is 0 Å². The van der Waals surface area contributed by atoms with Gasteiger partial charge in [0.25, 0.3) is 0 Å². The van der Waals surface area contributed by atoms with Crippen LogP contribution in [0, 0.1) is 25.7 Å². The van der Waals surface area contributed by atoms with Crippen molar-refractivity contribution in [2.75, 3.05) is 16.8 Å². The van der Waals surface area contributed by atoms with Crippen LogP contribution in [-0.4, -0.2) is 21.6 Å². The monoisotopic (exact) mass is 1140 g/mol. The molecule has 7 heteroatoms. The number of anilines is 3. The second-order valence-electron chi connectivity index (χ2n) is 24.6. The molecule has 5 heterocycles. The fraction of sp³-hybridized carbons (Fsp3) is 0.288. The summed E-state index contributed by atoms with van der Waals surface area (Å²) in [5.74, 6) is 2.05. The van der Waals surface area contributed by atoms with Crippen LogP contribution in [0.3, 0.4) is 0 Å². The first-order valence-corrected chi connectivity index (χ1v) is 25.5. The van der Waals surface area contributed by atoms with Crippen molar-refractivity contribution in [2.24, 2.45) is 0 Å². The Kier molecular flexibility index (Phi) is 11.0. The number of aryl methyl sites for hydroxylation is 1. The molecular weight excluding hydrogens is 1070 g/mol. The number of aromatic nitrogens is 3. The van der Waals surface area contributed by atoms with Gasteiger partial charge in [-0.3, -0.25) is 4.98 Å². The van der Waals surface area contributed by atoms with E-state index in [0.717, 1.165) is 50.0 Å². The summed E-state index contributed by atoms with van der Waals surface area (Å²) in [6, 6.07) is 48.2. The summed E-state index contributed by atoms with van der Waals surface area (Å²) in [4.78, 5) is 13.9. The Labute approximate surface area is 446 Å². The van der Waals surface area contributed by atoms with Crippen molar-refractivity contribution in [3.63, 3.8) is 0 Å². The SMILES string of the molecule is Cc1cc(-n2c3[c-]c(Oc4[c-]c5c(cc4)C4(c6cccc7c6N5[CH-]N7C)c5c(cc(C(C)(C)C)cc5C(C)(C)C)-c5cc(C(C)(C)C)cc(C(C)(C)C)c54)ccc3c3ccccc32)ncc1-c1ccncc1.[Pt]. The smallest absolute Gasteiger partial charge is 0.135 e. The predicted molar refractivity (Wildman–Crippen MR) is 298 cm³/mol. The van der Waals surface area contributed by atoms with Crippen LogP contribution in [0.25, 0.3) is 49.9 Å². The van der Waals surface area contributed by atoms with Gasteiger partial charge in [-0.1, -0.05) is 149 Å². The summed E-state index contributed by atoms with van der Waals surface area (Å²) in [5.41, 5.74) is 20.8. The topological polar surface area (TPSA) is 46.4 Å². The zero-order valence-corrected chi connectivity index (χ0v) is 46.9. The molecule has 0 fully saturated rings. The maximum absolute atomic E-state index is 7.01. The number of nitrogens with zero attached hydrogens (tertiary/aromatic N) is 5. The minimum Gasteiger partial charge on any atom is -0.509 e. The maximum atomic E-state index is 7.01. The van der Waals surface area contributed by atoms with E-state index in [9.17, 15) is 0 Å². The van der Waals surface area contributed by atoms with Crippen LogP contribution in [0.15, 0.2) is 128 Å². The summed E-state index contributed by atoms with van der Waals surface area (Å²) in [7, 11) is 2.16. The standard InChI is InChI=1S/C66H64N5O.Pt/c1-39-30-58(68-37-49(39)40-26-28-67-29-27-40)71-54-20-16-15-18-45(54)46-24-22-43(35-56(46)71)72-44-23-25-50-57(36-44)70-38-69(14)55-21-17-19-51(61(55)70)66(50)59-47(31-41(62(2,3)4)33-52(59)64(8,9)10)48-32-42(63(5,6)7)34-53(60(48)66)65(11,12)13;/h15-34,37-38H,1-14H3;/q-3;. The molecule has 12 rings (SSSR count). The maximum Gasteiger partial charge on any atom is 0.135 e. The predicted octanol–water partition coefficient (Wildman–Crippen LogP) is 16.5.